The van der Waals surface area contributed by atoms with E-state index in [1.165, 1.54) is 16.8 Å². The summed E-state index contributed by atoms with van der Waals surface area (Å²) in [6, 6.07) is 2.22. The van der Waals surface area contributed by atoms with Crippen LogP contribution < -0.4 is 0 Å². The van der Waals surface area contributed by atoms with E-state index in [2.05, 4.69) is 35.5 Å². The number of nitrogens with zero attached hydrogens (tertiary/aromatic N) is 2. The SMILES string of the molecule is CCc1c(CCCO)cc2c(C)nc(C)cn12. The minimum atomic E-state index is 0.256. The largest absolute Gasteiger partial charge is 0.396 e. The van der Waals surface area contributed by atoms with Crippen molar-refractivity contribution in [3.8, 4) is 0 Å². The normalized spacial score (nSPS) is 11.3. The summed E-state index contributed by atoms with van der Waals surface area (Å²) in [5, 5.41) is 8.95. The Morgan fingerprint density at radius 3 is 2.76 bits per heavy atom. The smallest absolute Gasteiger partial charge is 0.0669 e. The zero-order chi connectivity index (χ0) is 12.4. The lowest BCUT2D eigenvalue weighted by atomic mass is 10.1. The van der Waals surface area contributed by atoms with Gasteiger partial charge < -0.3 is 9.51 Å². The van der Waals surface area contributed by atoms with Crippen LogP contribution in [0.4, 0.5) is 0 Å². The maximum atomic E-state index is 8.95. The Morgan fingerprint density at radius 2 is 2.12 bits per heavy atom. The first-order chi connectivity index (χ1) is 8.17. The first kappa shape index (κ1) is 12.1. The van der Waals surface area contributed by atoms with E-state index in [4.69, 9.17) is 5.11 Å². The molecule has 0 aliphatic rings. The van der Waals surface area contributed by atoms with Crippen molar-refractivity contribution in [3.63, 3.8) is 0 Å². The molecule has 0 aliphatic carbocycles. The van der Waals surface area contributed by atoms with Crippen LogP contribution in [0.15, 0.2) is 12.3 Å². The van der Waals surface area contributed by atoms with Gasteiger partial charge in [0.15, 0.2) is 0 Å². The van der Waals surface area contributed by atoms with Crippen LogP contribution >= 0.6 is 0 Å². The summed E-state index contributed by atoms with van der Waals surface area (Å²) in [4.78, 5) is 4.50. The molecule has 92 valence electrons. The fourth-order valence-corrected chi connectivity index (χ4v) is 2.47. The summed E-state index contributed by atoms with van der Waals surface area (Å²) in [5.41, 5.74) is 6.02. The summed E-state index contributed by atoms with van der Waals surface area (Å²) in [7, 11) is 0. The van der Waals surface area contributed by atoms with Gasteiger partial charge in [0.2, 0.25) is 0 Å². The quantitative estimate of drug-likeness (QED) is 0.879. The van der Waals surface area contributed by atoms with Crippen LogP contribution in [0.25, 0.3) is 5.52 Å². The Bertz CT molecular complexity index is 528. The molecule has 0 unspecified atom stereocenters. The van der Waals surface area contributed by atoms with Crippen molar-refractivity contribution in [2.45, 2.75) is 40.0 Å². The van der Waals surface area contributed by atoms with Crippen molar-refractivity contribution in [2.75, 3.05) is 6.61 Å². The maximum Gasteiger partial charge on any atom is 0.0669 e. The number of aromatic nitrogens is 2. The van der Waals surface area contributed by atoms with Gasteiger partial charge >= 0.3 is 0 Å². The molecule has 2 heterocycles. The third-order valence-electron chi connectivity index (χ3n) is 3.20. The molecule has 0 saturated carbocycles. The second kappa shape index (κ2) is 4.88. The number of fused-ring (bicyclic) bond motifs is 1. The molecule has 0 amide bonds. The predicted octanol–water partition coefficient (Wildman–Crippen LogP) is 2.44. The van der Waals surface area contributed by atoms with Crippen LogP contribution in [-0.4, -0.2) is 21.1 Å². The molecule has 0 aliphatic heterocycles. The van der Waals surface area contributed by atoms with Gasteiger partial charge in [0.05, 0.1) is 16.9 Å². The molecule has 0 fully saturated rings. The van der Waals surface area contributed by atoms with Crippen molar-refractivity contribution < 1.29 is 5.11 Å². The van der Waals surface area contributed by atoms with Crippen molar-refractivity contribution in [1.29, 1.82) is 0 Å². The zero-order valence-electron chi connectivity index (χ0n) is 10.8. The van der Waals surface area contributed by atoms with E-state index in [1.807, 2.05) is 6.92 Å². The topological polar surface area (TPSA) is 37.5 Å². The summed E-state index contributed by atoms with van der Waals surface area (Å²) >= 11 is 0. The molecular weight excluding hydrogens is 212 g/mol. The van der Waals surface area contributed by atoms with Gasteiger partial charge in [0, 0.05) is 18.5 Å². The second-order valence-corrected chi connectivity index (χ2v) is 4.52. The van der Waals surface area contributed by atoms with Gasteiger partial charge in [0.25, 0.3) is 0 Å². The van der Waals surface area contributed by atoms with Crippen molar-refractivity contribution in [2.24, 2.45) is 0 Å². The first-order valence-electron chi connectivity index (χ1n) is 6.25. The fourth-order valence-electron chi connectivity index (χ4n) is 2.47. The predicted molar refractivity (Wildman–Crippen MR) is 69.5 cm³/mol. The number of rotatable bonds is 4. The lowest BCUT2D eigenvalue weighted by Gasteiger charge is -2.05. The fraction of sp³-hybridized carbons (Fsp3) is 0.500. The van der Waals surface area contributed by atoms with Crippen LogP contribution in [0.3, 0.4) is 0 Å². The molecular formula is C14H20N2O. The molecule has 0 atom stereocenters. The van der Waals surface area contributed by atoms with Gasteiger partial charge in [-0.1, -0.05) is 6.92 Å². The van der Waals surface area contributed by atoms with Gasteiger partial charge in [-0.25, -0.2) is 0 Å². The van der Waals surface area contributed by atoms with Gasteiger partial charge in [-0.2, -0.15) is 0 Å². The number of aliphatic hydroxyl groups is 1. The highest BCUT2D eigenvalue weighted by Crippen LogP contribution is 2.21. The van der Waals surface area contributed by atoms with Crippen LogP contribution in [0.5, 0.6) is 0 Å². The lowest BCUT2D eigenvalue weighted by molar-refractivity contribution is 0.288. The van der Waals surface area contributed by atoms with Crippen molar-refractivity contribution in [1.82, 2.24) is 9.38 Å². The van der Waals surface area contributed by atoms with E-state index in [0.29, 0.717) is 0 Å². The van der Waals surface area contributed by atoms with Crippen LogP contribution in [0.1, 0.15) is 36.0 Å². The van der Waals surface area contributed by atoms with E-state index < -0.39 is 0 Å². The van der Waals surface area contributed by atoms with E-state index in [-0.39, 0.29) is 6.61 Å². The summed E-state index contributed by atoms with van der Waals surface area (Å²) < 4.78 is 2.25. The average molecular weight is 232 g/mol. The van der Waals surface area contributed by atoms with Crippen molar-refractivity contribution in [3.05, 3.63) is 34.9 Å². The lowest BCUT2D eigenvalue weighted by Crippen LogP contribution is -1.99. The molecule has 0 spiro atoms. The molecule has 3 nitrogen and oxygen atoms in total. The summed E-state index contributed by atoms with van der Waals surface area (Å²) in [6.45, 7) is 6.51. The molecule has 17 heavy (non-hydrogen) atoms. The number of hydrogen-bond donors (Lipinski definition) is 1. The van der Waals surface area contributed by atoms with Gasteiger partial charge in [-0.15, -0.1) is 0 Å². The molecule has 2 rings (SSSR count). The van der Waals surface area contributed by atoms with Gasteiger partial charge in [-0.3, -0.25) is 4.98 Å². The summed E-state index contributed by atoms with van der Waals surface area (Å²) in [6.07, 6.45) is 4.89. The molecule has 0 bridgehead atoms. The summed E-state index contributed by atoms with van der Waals surface area (Å²) in [5.74, 6) is 0. The molecule has 0 aromatic carbocycles. The third-order valence-corrected chi connectivity index (χ3v) is 3.20. The highest BCUT2D eigenvalue weighted by Gasteiger charge is 2.10. The Morgan fingerprint density at radius 1 is 1.35 bits per heavy atom. The van der Waals surface area contributed by atoms with Crippen molar-refractivity contribution >= 4 is 5.52 Å². The van der Waals surface area contributed by atoms with E-state index >= 15 is 0 Å². The Balaban J connectivity index is 2.58. The third kappa shape index (κ3) is 2.20. The van der Waals surface area contributed by atoms with E-state index in [1.54, 1.807) is 0 Å². The standard InChI is InChI=1S/C14H20N2O/c1-4-13-12(6-5-7-17)8-14-11(3)15-10(2)9-16(13)14/h8-9,17H,4-7H2,1-3H3. The van der Waals surface area contributed by atoms with E-state index in [0.717, 1.165) is 30.7 Å². The first-order valence-corrected chi connectivity index (χ1v) is 6.25. The van der Waals surface area contributed by atoms with Crippen LogP contribution in [-0.2, 0) is 12.8 Å². The Kier molecular flexibility index (Phi) is 3.48. The van der Waals surface area contributed by atoms with Crippen LogP contribution in [0, 0.1) is 13.8 Å². The average Bonchev–Trinajstić information content (AvgIpc) is 2.64. The molecule has 3 heteroatoms. The van der Waals surface area contributed by atoms with Gasteiger partial charge in [-0.05, 0) is 44.7 Å². The molecule has 2 aromatic heterocycles. The number of aliphatic hydroxyl groups excluding tert-OH is 1. The molecule has 0 saturated heterocycles. The highest BCUT2D eigenvalue weighted by molar-refractivity contribution is 5.57. The molecule has 2 aromatic rings. The molecule has 1 N–H and O–H groups in total. The second-order valence-electron chi connectivity index (χ2n) is 4.52. The van der Waals surface area contributed by atoms with Gasteiger partial charge in [0.1, 0.15) is 0 Å². The Hall–Kier alpha value is -1.35. The highest BCUT2D eigenvalue weighted by atomic mass is 16.2. The molecule has 0 radical (unpaired) electrons. The Labute approximate surface area is 102 Å². The van der Waals surface area contributed by atoms with E-state index in [9.17, 15) is 0 Å². The minimum absolute atomic E-state index is 0.256. The maximum absolute atomic E-state index is 8.95. The monoisotopic (exact) mass is 232 g/mol. The number of hydrogen-bond acceptors (Lipinski definition) is 2. The van der Waals surface area contributed by atoms with Crippen LogP contribution in [0.2, 0.25) is 0 Å². The zero-order valence-corrected chi connectivity index (χ0v) is 10.8. The minimum Gasteiger partial charge on any atom is -0.396 e. The number of aryl methyl sites for hydroxylation is 4.